The van der Waals surface area contributed by atoms with Crippen molar-refractivity contribution >= 4 is 34.3 Å². The van der Waals surface area contributed by atoms with Crippen molar-refractivity contribution < 1.29 is 10.2 Å². The first-order valence-electron chi connectivity index (χ1n) is 6.38. The second-order valence-electron chi connectivity index (χ2n) is 4.62. The number of rotatable bonds is 2. The largest absolute Gasteiger partial charge is 0.507 e. The van der Waals surface area contributed by atoms with E-state index in [1.54, 1.807) is 18.2 Å². The monoisotopic (exact) mass is 297 g/mol. The molecule has 0 fully saturated rings. The molecule has 104 valence electrons. The molecule has 0 aromatic heterocycles. The van der Waals surface area contributed by atoms with Gasteiger partial charge in [0.2, 0.25) is 0 Å². The van der Waals surface area contributed by atoms with Crippen molar-refractivity contribution in [1.29, 1.82) is 0 Å². The van der Waals surface area contributed by atoms with Gasteiger partial charge in [0.1, 0.15) is 17.2 Å². The van der Waals surface area contributed by atoms with Crippen LogP contribution in [0.25, 0.3) is 10.8 Å². The van der Waals surface area contributed by atoms with E-state index in [0.29, 0.717) is 16.3 Å². The summed E-state index contributed by atoms with van der Waals surface area (Å²) in [6.45, 7) is 0. The fraction of sp³-hybridized carbons (Fsp3) is 0. The summed E-state index contributed by atoms with van der Waals surface area (Å²) >= 11 is 5.90. The van der Waals surface area contributed by atoms with Crippen LogP contribution < -0.4 is 0 Å². The van der Waals surface area contributed by atoms with E-state index in [1.165, 1.54) is 12.3 Å². The fourth-order valence-corrected chi connectivity index (χ4v) is 2.32. The second kappa shape index (κ2) is 5.46. The number of aliphatic imine (C=N–C) groups is 1. The maximum Gasteiger partial charge on any atom is 0.141 e. The smallest absolute Gasteiger partial charge is 0.141 e. The number of hydrogen-bond donors (Lipinski definition) is 2. The molecule has 3 rings (SSSR count). The summed E-state index contributed by atoms with van der Waals surface area (Å²) in [6.07, 6.45) is 1.49. The molecule has 0 saturated carbocycles. The third-order valence-corrected chi connectivity index (χ3v) is 3.44. The lowest BCUT2D eigenvalue weighted by atomic mass is 10.1. The summed E-state index contributed by atoms with van der Waals surface area (Å²) in [7, 11) is 0. The van der Waals surface area contributed by atoms with E-state index < -0.39 is 0 Å². The van der Waals surface area contributed by atoms with Crippen LogP contribution in [0.4, 0.5) is 5.69 Å². The maximum atomic E-state index is 10.0. The molecule has 0 aliphatic heterocycles. The van der Waals surface area contributed by atoms with E-state index in [0.717, 1.165) is 10.8 Å². The van der Waals surface area contributed by atoms with Crippen molar-refractivity contribution in [2.24, 2.45) is 4.99 Å². The van der Waals surface area contributed by atoms with Gasteiger partial charge < -0.3 is 10.2 Å². The first-order chi connectivity index (χ1) is 10.1. The van der Waals surface area contributed by atoms with Crippen LogP contribution >= 0.6 is 11.6 Å². The summed E-state index contributed by atoms with van der Waals surface area (Å²) in [6, 6.07) is 15.8. The van der Waals surface area contributed by atoms with Crippen LogP contribution in [0, 0.1) is 0 Å². The van der Waals surface area contributed by atoms with Crippen LogP contribution in [0.5, 0.6) is 11.5 Å². The first kappa shape index (κ1) is 13.5. The Morgan fingerprint density at radius 1 is 0.905 bits per heavy atom. The lowest BCUT2D eigenvalue weighted by Gasteiger charge is -2.05. The predicted molar refractivity (Wildman–Crippen MR) is 86.0 cm³/mol. The van der Waals surface area contributed by atoms with Crippen molar-refractivity contribution in [2.75, 3.05) is 0 Å². The summed E-state index contributed by atoms with van der Waals surface area (Å²) in [5.41, 5.74) is 0.960. The van der Waals surface area contributed by atoms with Gasteiger partial charge in [-0.1, -0.05) is 41.9 Å². The minimum Gasteiger partial charge on any atom is -0.507 e. The lowest BCUT2D eigenvalue weighted by molar-refractivity contribution is 0.474. The fourth-order valence-electron chi connectivity index (χ4n) is 2.14. The Morgan fingerprint density at radius 2 is 1.67 bits per heavy atom. The Kier molecular flexibility index (Phi) is 3.50. The third-order valence-electron chi connectivity index (χ3n) is 3.20. The maximum absolute atomic E-state index is 10.0. The van der Waals surface area contributed by atoms with Crippen LogP contribution in [0.3, 0.4) is 0 Å². The molecule has 21 heavy (non-hydrogen) atoms. The molecule has 0 aliphatic rings. The van der Waals surface area contributed by atoms with Crippen molar-refractivity contribution in [3.05, 3.63) is 65.2 Å². The molecule has 0 atom stereocenters. The van der Waals surface area contributed by atoms with Crippen LogP contribution in [0.1, 0.15) is 5.56 Å². The molecule has 3 aromatic carbocycles. The Bertz CT molecular complexity index is 843. The van der Waals surface area contributed by atoms with Crippen molar-refractivity contribution in [1.82, 2.24) is 0 Å². The highest BCUT2D eigenvalue weighted by Gasteiger charge is 2.05. The van der Waals surface area contributed by atoms with Crippen molar-refractivity contribution in [3.8, 4) is 11.5 Å². The summed E-state index contributed by atoms with van der Waals surface area (Å²) in [4.78, 5) is 4.31. The minimum absolute atomic E-state index is 0.0860. The van der Waals surface area contributed by atoms with E-state index in [4.69, 9.17) is 11.6 Å². The molecule has 0 spiro atoms. The highest BCUT2D eigenvalue weighted by Crippen LogP contribution is 2.35. The molecule has 0 bridgehead atoms. The summed E-state index contributed by atoms with van der Waals surface area (Å²) in [5, 5.41) is 22.1. The molecule has 0 amide bonds. The Hall–Kier alpha value is -2.52. The van der Waals surface area contributed by atoms with Crippen LogP contribution in [-0.4, -0.2) is 16.4 Å². The van der Waals surface area contributed by atoms with Gasteiger partial charge in [-0.05, 0) is 29.7 Å². The molecular weight excluding hydrogens is 286 g/mol. The van der Waals surface area contributed by atoms with Gasteiger partial charge in [-0.2, -0.15) is 0 Å². The van der Waals surface area contributed by atoms with Crippen LogP contribution in [0.2, 0.25) is 5.02 Å². The van der Waals surface area contributed by atoms with E-state index in [2.05, 4.69) is 4.99 Å². The van der Waals surface area contributed by atoms with Crippen molar-refractivity contribution in [2.45, 2.75) is 0 Å². The van der Waals surface area contributed by atoms with E-state index >= 15 is 0 Å². The molecule has 3 aromatic rings. The number of fused-ring (bicyclic) bond motifs is 1. The van der Waals surface area contributed by atoms with Gasteiger partial charge in [0.25, 0.3) is 0 Å². The van der Waals surface area contributed by atoms with Gasteiger partial charge in [0.05, 0.1) is 0 Å². The minimum atomic E-state index is 0.0860. The molecule has 2 N–H and O–H groups in total. The van der Waals surface area contributed by atoms with Gasteiger partial charge in [-0.3, -0.25) is 4.99 Å². The highest BCUT2D eigenvalue weighted by atomic mass is 35.5. The predicted octanol–water partition coefficient (Wildman–Crippen LogP) is 4.66. The van der Waals surface area contributed by atoms with E-state index in [-0.39, 0.29) is 11.5 Å². The van der Waals surface area contributed by atoms with Gasteiger partial charge in [-0.25, -0.2) is 0 Å². The number of benzene rings is 3. The average molecular weight is 298 g/mol. The molecule has 4 heteroatoms. The van der Waals surface area contributed by atoms with Crippen molar-refractivity contribution in [3.63, 3.8) is 0 Å². The van der Waals surface area contributed by atoms with Gasteiger partial charge in [-0.15, -0.1) is 0 Å². The number of phenols is 2. The number of nitrogens with zero attached hydrogens (tertiary/aromatic N) is 1. The normalized spacial score (nSPS) is 11.3. The van der Waals surface area contributed by atoms with Crippen LogP contribution in [-0.2, 0) is 0 Å². The topological polar surface area (TPSA) is 52.8 Å². The SMILES string of the molecule is Oc1ccc(Cl)cc1C=Nc1c(O)ccc2ccccc12. The zero-order chi connectivity index (χ0) is 14.8. The van der Waals surface area contributed by atoms with Gasteiger partial charge in [0.15, 0.2) is 0 Å². The highest BCUT2D eigenvalue weighted by molar-refractivity contribution is 6.30. The standard InChI is InChI=1S/C17H12ClNO2/c18-13-6-8-15(20)12(9-13)10-19-17-14-4-2-1-3-11(14)5-7-16(17)21/h1-10,20-21H. The second-order valence-corrected chi connectivity index (χ2v) is 5.05. The number of hydrogen-bond acceptors (Lipinski definition) is 3. The van der Waals surface area contributed by atoms with Gasteiger partial charge >= 0.3 is 0 Å². The zero-order valence-corrected chi connectivity index (χ0v) is 11.7. The molecule has 0 radical (unpaired) electrons. The number of aromatic hydroxyl groups is 2. The van der Waals surface area contributed by atoms with E-state index in [1.807, 2.05) is 30.3 Å². The van der Waals surface area contributed by atoms with Crippen LogP contribution in [0.15, 0.2) is 59.6 Å². The van der Waals surface area contributed by atoms with Gasteiger partial charge in [0, 0.05) is 22.2 Å². The summed E-state index contributed by atoms with van der Waals surface area (Å²) < 4.78 is 0. The Morgan fingerprint density at radius 3 is 2.52 bits per heavy atom. The molecule has 0 unspecified atom stereocenters. The Balaban J connectivity index is 2.11. The van der Waals surface area contributed by atoms with E-state index in [9.17, 15) is 10.2 Å². The summed E-state index contributed by atoms with van der Waals surface area (Å²) in [5.74, 6) is 0.175. The third kappa shape index (κ3) is 2.69. The number of halogens is 1. The quantitative estimate of drug-likeness (QED) is 0.676. The Labute approximate surface area is 126 Å². The molecular formula is C17H12ClNO2. The zero-order valence-electron chi connectivity index (χ0n) is 11.0. The molecule has 0 saturated heterocycles. The molecule has 0 heterocycles. The first-order valence-corrected chi connectivity index (χ1v) is 6.76. The average Bonchev–Trinajstić information content (AvgIpc) is 2.49. The number of phenolic OH excluding ortho intramolecular Hbond substituents is 2. The lowest BCUT2D eigenvalue weighted by Crippen LogP contribution is -1.83. The molecule has 0 aliphatic carbocycles. The molecule has 3 nitrogen and oxygen atoms in total.